The van der Waals surface area contributed by atoms with Crippen molar-refractivity contribution >= 4 is 11.6 Å². The van der Waals surface area contributed by atoms with Gasteiger partial charge in [0.15, 0.2) is 0 Å². The maximum Gasteiger partial charge on any atom is 0.0442 e. The van der Waals surface area contributed by atoms with E-state index in [-0.39, 0.29) is 0 Å². The lowest BCUT2D eigenvalue weighted by molar-refractivity contribution is 0.479. The Kier molecular flexibility index (Phi) is 5.49. The van der Waals surface area contributed by atoms with E-state index in [0.717, 1.165) is 23.8 Å². The molecule has 0 saturated heterocycles. The number of fused-ring (bicyclic) bond motifs is 2. The molecule has 0 spiro atoms. The number of hydrogen-bond donors (Lipinski definition) is 0. The van der Waals surface area contributed by atoms with Crippen LogP contribution < -0.4 is 0 Å². The maximum absolute atomic E-state index is 6.20. The lowest BCUT2D eigenvalue weighted by Gasteiger charge is -2.11. The van der Waals surface area contributed by atoms with Gasteiger partial charge in [0.05, 0.1) is 0 Å². The van der Waals surface area contributed by atoms with Gasteiger partial charge in [-0.3, -0.25) is 4.98 Å². The molecule has 0 unspecified atom stereocenters. The predicted molar refractivity (Wildman–Crippen MR) is 78.1 cm³/mol. The minimum absolute atomic E-state index is 0.726. The van der Waals surface area contributed by atoms with Crippen molar-refractivity contribution in [1.82, 2.24) is 4.98 Å². The van der Waals surface area contributed by atoms with Gasteiger partial charge in [0.1, 0.15) is 0 Å². The molecule has 1 aromatic heterocycles. The lowest BCUT2D eigenvalue weighted by Crippen LogP contribution is -2.03. The van der Waals surface area contributed by atoms with Crippen molar-refractivity contribution in [2.75, 3.05) is 0 Å². The van der Waals surface area contributed by atoms with Crippen LogP contribution in [-0.2, 0) is 12.8 Å². The third kappa shape index (κ3) is 4.61. The highest BCUT2D eigenvalue weighted by Gasteiger charge is 2.08. The third-order valence-corrected chi connectivity index (χ3v) is 4.05. The maximum atomic E-state index is 6.20. The number of aromatic nitrogens is 1. The summed E-state index contributed by atoms with van der Waals surface area (Å²) in [5.74, 6) is 0.726. The van der Waals surface area contributed by atoms with Gasteiger partial charge in [0.25, 0.3) is 0 Å². The molecule has 1 atom stereocenters. The average molecular weight is 266 g/mol. The summed E-state index contributed by atoms with van der Waals surface area (Å²) in [7, 11) is 0. The summed E-state index contributed by atoms with van der Waals surface area (Å²) in [5, 5.41) is 0.858. The number of rotatable bonds is 0. The Morgan fingerprint density at radius 1 is 1.00 bits per heavy atom. The van der Waals surface area contributed by atoms with E-state index < -0.39 is 0 Å². The van der Waals surface area contributed by atoms with E-state index in [0.29, 0.717) is 0 Å². The molecule has 100 valence electrons. The molecular weight excluding hydrogens is 242 g/mol. The van der Waals surface area contributed by atoms with E-state index in [4.69, 9.17) is 16.6 Å². The molecule has 1 aromatic rings. The van der Waals surface area contributed by atoms with Crippen LogP contribution in [0, 0.1) is 5.92 Å². The topological polar surface area (TPSA) is 12.9 Å². The Balaban J connectivity index is 2.09. The smallest absolute Gasteiger partial charge is 0.0442 e. The molecule has 0 saturated carbocycles. The summed E-state index contributed by atoms with van der Waals surface area (Å²) in [5.41, 5.74) is 2.37. The Morgan fingerprint density at radius 2 is 1.67 bits per heavy atom. The van der Waals surface area contributed by atoms with Crippen LogP contribution in [0.25, 0.3) is 0 Å². The van der Waals surface area contributed by atoms with Crippen molar-refractivity contribution < 1.29 is 0 Å². The van der Waals surface area contributed by atoms with E-state index in [2.05, 4.69) is 6.92 Å². The Labute approximate surface area is 116 Å². The van der Waals surface area contributed by atoms with Crippen LogP contribution in [0.5, 0.6) is 0 Å². The van der Waals surface area contributed by atoms with E-state index >= 15 is 0 Å². The Bertz CT molecular complexity index is 375. The SMILES string of the molecule is C[C@@H]1CCCCCCCCc2cc(Cl)cc(n2)C1. The molecule has 2 heteroatoms. The van der Waals surface area contributed by atoms with Crippen molar-refractivity contribution in [1.29, 1.82) is 0 Å². The monoisotopic (exact) mass is 265 g/mol. The zero-order valence-electron chi connectivity index (χ0n) is 11.4. The summed E-state index contributed by atoms with van der Waals surface area (Å²) in [6.07, 6.45) is 11.6. The van der Waals surface area contributed by atoms with Gasteiger partial charge in [0, 0.05) is 16.4 Å². The third-order valence-electron chi connectivity index (χ3n) is 3.83. The van der Waals surface area contributed by atoms with Crippen LogP contribution in [0.1, 0.15) is 63.3 Å². The molecule has 1 aliphatic heterocycles. The summed E-state index contributed by atoms with van der Waals surface area (Å²) < 4.78 is 0. The van der Waals surface area contributed by atoms with Gasteiger partial charge < -0.3 is 0 Å². The minimum Gasteiger partial charge on any atom is -0.258 e. The van der Waals surface area contributed by atoms with Crippen molar-refractivity contribution in [3.8, 4) is 0 Å². The highest BCUT2D eigenvalue weighted by molar-refractivity contribution is 6.30. The molecule has 2 bridgehead atoms. The molecule has 0 fully saturated rings. The molecule has 2 heterocycles. The second-order valence-electron chi connectivity index (χ2n) is 5.74. The summed E-state index contributed by atoms with van der Waals surface area (Å²) in [6, 6.07) is 4.08. The zero-order valence-corrected chi connectivity index (χ0v) is 12.2. The van der Waals surface area contributed by atoms with Crippen molar-refractivity contribution in [3.63, 3.8) is 0 Å². The van der Waals surface area contributed by atoms with E-state index in [9.17, 15) is 0 Å². The highest BCUT2D eigenvalue weighted by atomic mass is 35.5. The highest BCUT2D eigenvalue weighted by Crippen LogP contribution is 2.20. The van der Waals surface area contributed by atoms with Gasteiger partial charge in [-0.25, -0.2) is 0 Å². The van der Waals surface area contributed by atoms with Crippen LogP contribution in [-0.4, -0.2) is 4.98 Å². The Morgan fingerprint density at radius 3 is 2.50 bits per heavy atom. The molecule has 0 N–H and O–H groups in total. The van der Waals surface area contributed by atoms with Gasteiger partial charge >= 0.3 is 0 Å². The van der Waals surface area contributed by atoms with Crippen LogP contribution in [0.3, 0.4) is 0 Å². The van der Waals surface area contributed by atoms with Crippen molar-refractivity contribution in [3.05, 3.63) is 28.5 Å². The molecule has 1 aliphatic rings. The minimum atomic E-state index is 0.726. The van der Waals surface area contributed by atoms with Crippen LogP contribution in [0.2, 0.25) is 5.02 Å². The summed E-state index contributed by atoms with van der Waals surface area (Å²) in [6.45, 7) is 2.34. The van der Waals surface area contributed by atoms with Crippen LogP contribution in [0.15, 0.2) is 12.1 Å². The fourth-order valence-electron chi connectivity index (χ4n) is 2.81. The first-order valence-corrected chi connectivity index (χ1v) is 7.77. The molecular formula is C16H24ClN. The summed E-state index contributed by atoms with van der Waals surface area (Å²) >= 11 is 6.20. The van der Waals surface area contributed by atoms with E-state index in [1.165, 1.54) is 56.3 Å². The Hall–Kier alpha value is -0.560. The number of pyridine rings is 1. The number of aryl methyl sites for hydroxylation is 1. The largest absolute Gasteiger partial charge is 0.258 e. The first-order valence-electron chi connectivity index (χ1n) is 7.39. The number of halogens is 1. The molecule has 0 radical (unpaired) electrons. The van der Waals surface area contributed by atoms with Crippen molar-refractivity contribution in [2.45, 2.75) is 64.7 Å². The molecule has 0 aliphatic carbocycles. The quantitative estimate of drug-likeness (QED) is 0.628. The molecule has 18 heavy (non-hydrogen) atoms. The zero-order chi connectivity index (χ0) is 12.8. The second kappa shape index (κ2) is 7.13. The van der Waals surface area contributed by atoms with Crippen LogP contribution in [0.4, 0.5) is 0 Å². The predicted octanol–water partition coefficient (Wildman–Crippen LogP) is 5.20. The normalized spacial score (nSPS) is 22.7. The van der Waals surface area contributed by atoms with Gasteiger partial charge in [-0.05, 0) is 37.3 Å². The van der Waals surface area contributed by atoms with Gasteiger partial charge in [-0.2, -0.15) is 0 Å². The molecule has 0 amide bonds. The van der Waals surface area contributed by atoms with Gasteiger partial charge in [-0.15, -0.1) is 0 Å². The average Bonchev–Trinajstić information content (AvgIpc) is 2.32. The molecule has 0 aromatic carbocycles. The van der Waals surface area contributed by atoms with Gasteiger partial charge in [0.2, 0.25) is 0 Å². The summed E-state index contributed by atoms with van der Waals surface area (Å²) in [4.78, 5) is 4.76. The number of hydrogen-bond acceptors (Lipinski definition) is 1. The first-order chi connectivity index (χ1) is 8.74. The van der Waals surface area contributed by atoms with E-state index in [1.54, 1.807) is 0 Å². The van der Waals surface area contributed by atoms with E-state index in [1.807, 2.05) is 12.1 Å². The molecule has 2 rings (SSSR count). The standard InChI is InChI=1S/C16H24ClN/c1-13-8-6-4-2-3-5-7-9-15-11-14(17)12-16(10-13)18-15/h11-13H,2-10H2,1H3/t13-/m1/s1. The second-order valence-corrected chi connectivity index (χ2v) is 6.17. The lowest BCUT2D eigenvalue weighted by atomic mass is 9.97. The molecule has 1 nitrogen and oxygen atoms in total. The fourth-order valence-corrected chi connectivity index (χ4v) is 3.06. The van der Waals surface area contributed by atoms with Gasteiger partial charge in [-0.1, -0.05) is 57.0 Å². The fraction of sp³-hybridized carbons (Fsp3) is 0.688. The van der Waals surface area contributed by atoms with Crippen LogP contribution >= 0.6 is 11.6 Å². The first kappa shape index (κ1) is 13.9. The van der Waals surface area contributed by atoms with Crippen molar-refractivity contribution in [2.24, 2.45) is 5.92 Å². The number of nitrogens with zero attached hydrogens (tertiary/aromatic N) is 1.